The van der Waals surface area contributed by atoms with Crippen molar-refractivity contribution in [1.29, 1.82) is 0 Å². The number of ether oxygens (including phenoxy) is 2. The van der Waals surface area contributed by atoms with Crippen molar-refractivity contribution >= 4 is 11.8 Å². The third-order valence-corrected chi connectivity index (χ3v) is 7.22. The van der Waals surface area contributed by atoms with Gasteiger partial charge in [0.25, 0.3) is 0 Å². The van der Waals surface area contributed by atoms with E-state index >= 15 is 0 Å². The molecule has 0 unspecified atom stereocenters. The van der Waals surface area contributed by atoms with E-state index in [4.69, 9.17) is 14.6 Å². The highest BCUT2D eigenvalue weighted by Crippen LogP contribution is 2.63. The number of alkyl halides is 5. The molecule has 2 heterocycles. The molecule has 0 aromatic heterocycles. The summed E-state index contributed by atoms with van der Waals surface area (Å²) in [5.41, 5.74) is 2.57. The van der Waals surface area contributed by atoms with Crippen molar-refractivity contribution < 1.29 is 46.1 Å². The summed E-state index contributed by atoms with van der Waals surface area (Å²) >= 11 is 0. The molecule has 2 fully saturated rings. The molecule has 6 nitrogen and oxygen atoms in total. The SMILES string of the molecule is COc1ccc2c3c1O[C@H]1C(=O)CC[C@H]4[C@@H](C2)N(C)CC[C@]314.O=C(O)C(F)(F)C(F)(F)F. The number of likely N-dealkylation sites (tertiary alicyclic amines) is 1. The number of halogens is 5. The molecule has 2 bridgehead atoms. The van der Waals surface area contributed by atoms with Crippen LogP contribution in [0.5, 0.6) is 11.5 Å². The Bertz CT molecular complexity index is 965. The zero-order valence-corrected chi connectivity index (χ0v) is 17.3. The van der Waals surface area contributed by atoms with Crippen LogP contribution in [0.15, 0.2) is 12.1 Å². The van der Waals surface area contributed by atoms with Crippen molar-refractivity contribution in [3.8, 4) is 11.5 Å². The van der Waals surface area contributed by atoms with Crippen LogP contribution in [-0.4, -0.2) is 66.7 Å². The second-order valence-corrected chi connectivity index (χ2v) is 8.66. The normalized spacial score (nSPS) is 30.6. The predicted molar refractivity (Wildman–Crippen MR) is 100 cm³/mol. The van der Waals surface area contributed by atoms with Gasteiger partial charge in [-0.05, 0) is 50.4 Å². The van der Waals surface area contributed by atoms with Gasteiger partial charge in [-0.3, -0.25) is 4.79 Å². The highest BCUT2D eigenvalue weighted by atomic mass is 19.4. The number of ketones is 1. The fourth-order valence-electron chi connectivity index (χ4n) is 5.79. The minimum Gasteiger partial charge on any atom is -0.493 e. The molecule has 1 spiro atoms. The van der Waals surface area contributed by atoms with Crippen LogP contribution in [0.1, 0.15) is 30.4 Å². The van der Waals surface area contributed by atoms with Crippen molar-refractivity contribution in [2.75, 3.05) is 20.7 Å². The van der Waals surface area contributed by atoms with Gasteiger partial charge in [0.2, 0.25) is 0 Å². The van der Waals surface area contributed by atoms with E-state index in [0.29, 0.717) is 18.4 Å². The molecule has 176 valence electrons. The highest BCUT2D eigenvalue weighted by Gasteiger charge is 2.66. The number of piperidine rings is 1. The second kappa shape index (κ2) is 7.29. The van der Waals surface area contributed by atoms with Crippen LogP contribution >= 0.6 is 0 Å². The molecule has 32 heavy (non-hydrogen) atoms. The molecular formula is C21H22F5NO5. The van der Waals surface area contributed by atoms with Crippen LogP contribution in [0.2, 0.25) is 0 Å². The van der Waals surface area contributed by atoms with Gasteiger partial charge >= 0.3 is 18.1 Å². The number of benzene rings is 1. The number of aliphatic carboxylic acids is 1. The molecule has 2 aliphatic carbocycles. The van der Waals surface area contributed by atoms with E-state index in [1.807, 2.05) is 6.07 Å². The average Bonchev–Trinajstić information content (AvgIpc) is 3.07. The summed E-state index contributed by atoms with van der Waals surface area (Å²) in [7, 11) is 3.91. The van der Waals surface area contributed by atoms with Crippen molar-refractivity contribution in [3.63, 3.8) is 0 Å². The molecule has 4 atom stereocenters. The number of Topliss-reactive ketones (excluding diaryl/α,β-unsaturated/α-hetero) is 1. The minimum absolute atomic E-state index is 0.0933. The van der Waals surface area contributed by atoms with E-state index in [2.05, 4.69) is 18.0 Å². The maximum atomic E-state index is 12.6. The molecule has 0 radical (unpaired) electrons. The molecule has 1 N–H and O–H groups in total. The Morgan fingerprint density at radius 1 is 1.28 bits per heavy atom. The van der Waals surface area contributed by atoms with E-state index in [-0.39, 0.29) is 17.3 Å². The number of carbonyl (C=O) groups is 2. The van der Waals surface area contributed by atoms with Gasteiger partial charge in [0.05, 0.1) is 7.11 Å². The molecule has 0 amide bonds. The molecule has 2 aliphatic heterocycles. The van der Waals surface area contributed by atoms with Gasteiger partial charge in [-0.15, -0.1) is 0 Å². The summed E-state index contributed by atoms with van der Waals surface area (Å²) in [6, 6.07) is 4.73. The monoisotopic (exact) mass is 463 g/mol. The van der Waals surface area contributed by atoms with Crippen LogP contribution in [0.25, 0.3) is 0 Å². The number of carbonyl (C=O) groups excluding carboxylic acids is 1. The first kappa shape index (κ1) is 22.8. The largest absolute Gasteiger partial charge is 0.493 e. The van der Waals surface area contributed by atoms with Gasteiger partial charge in [0.1, 0.15) is 0 Å². The van der Waals surface area contributed by atoms with Crippen molar-refractivity contribution in [2.24, 2.45) is 5.92 Å². The van der Waals surface area contributed by atoms with Crippen LogP contribution < -0.4 is 9.47 Å². The smallest absolute Gasteiger partial charge is 0.465 e. The Hall–Kier alpha value is -2.43. The summed E-state index contributed by atoms with van der Waals surface area (Å²) in [4.78, 5) is 24.3. The lowest BCUT2D eigenvalue weighted by Crippen LogP contribution is -2.65. The lowest BCUT2D eigenvalue weighted by molar-refractivity contribution is -0.277. The first-order valence-electron chi connectivity index (χ1n) is 10.1. The summed E-state index contributed by atoms with van der Waals surface area (Å²) in [5, 5.41) is 7.31. The first-order chi connectivity index (χ1) is 14.9. The molecule has 1 aromatic rings. The number of likely N-dealkylation sites (N-methyl/N-ethyl adjacent to an activating group) is 1. The van der Waals surface area contributed by atoms with Crippen molar-refractivity contribution in [1.82, 2.24) is 4.90 Å². The minimum atomic E-state index is -6.02. The molecule has 11 heteroatoms. The maximum Gasteiger partial charge on any atom is 0.465 e. The number of methoxy groups -OCH3 is 1. The van der Waals surface area contributed by atoms with Gasteiger partial charge in [0, 0.05) is 23.4 Å². The van der Waals surface area contributed by atoms with Crippen LogP contribution in [0, 0.1) is 5.92 Å². The standard InChI is InChI=1S/C18H21NO3.C3HF5O2/c1-19-8-7-18-11-4-5-13(20)17(18)22-16-14(21-2)6-3-10(15(16)18)9-12(11)19;4-2(5,1(9)10)3(6,7)8/h3,6,11-12,17H,4-5,7-9H2,1-2H3;(H,9,10)/t11-,12+,17-,18-;/m0./s1. The molecular weight excluding hydrogens is 441 g/mol. The lowest BCUT2D eigenvalue weighted by Gasteiger charge is -2.57. The molecule has 1 aromatic carbocycles. The number of hydrogen-bond donors (Lipinski definition) is 1. The van der Waals surface area contributed by atoms with E-state index in [1.54, 1.807) is 7.11 Å². The molecule has 5 rings (SSSR count). The topological polar surface area (TPSA) is 76.1 Å². The summed E-state index contributed by atoms with van der Waals surface area (Å²) in [6.45, 7) is 1.05. The van der Waals surface area contributed by atoms with E-state index in [1.165, 1.54) is 11.1 Å². The van der Waals surface area contributed by atoms with E-state index < -0.39 is 18.1 Å². The Kier molecular flexibility index (Phi) is 5.19. The third kappa shape index (κ3) is 3.00. The number of nitrogens with zero attached hydrogens (tertiary/aromatic N) is 1. The Morgan fingerprint density at radius 3 is 2.53 bits per heavy atom. The summed E-state index contributed by atoms with van der Waals surface area (Å²) < 4.78 is 67.3. The predicted octanol–water partition coefficient (Wildman–Crippen LogP) is 3.20. The second-order valence-electron chi connectivity index (χ2n) is 8.66. The molecule has 4 aliphatic rings. The quantitative estimate of drug-likeness (QED) is 0.679. The van der Waals surface area contributed by atoms with Gasteiger partial charge in [-0.25, -0.2) is 4.79 Å². The zero-order valence-electron chi connectivity index (χ0n) is 17.3. The Labute approximate surface area is 180 Å². The Morgan fingerprint density at radius 2 is 1.97 bits per heavy atom. The van der Waals surface area contributed by atoms with Crippen LogP contribution in [-0.2, 0) is 21.4 Å². The highest BCUT2D eigenvalue weighted by molar-refractivity contribution is 5.89. The van der Waals surface area contributed by atoms with E-state index in [9.17, 15) is 31.5 Å². The number of rotatable bonds is 2. The Balaban J connectivity index is 0.000000211. The summed E-state index contributed by atoms with van der Waals surface area (Å²) in [5.74, 6) is -6.38. The van der Waals surface area contributed by atoms with Crippen LogP contribution in [0.4, 0.5) is 22.0 Å². The zero-order chi connectivity index (χ0) is 23.6. The van der Waals surface area contributed by atoms with Gasteiger partial charge in [0.15, 0.2) is 23.4 Å². The lowest BCUT2D eigenvalue weighted by atomic mass is 9.52. The maximum absolute atomic E-state index is 12.6. The van der Waals surface area contributed by atoms with Gasteiger partial charge in [-0.2, -0.15) is 22.0 Å². The number of carboxylic acids is 1. The third-order valence-electron chi connectivity index (χ3n) is 7.22. The van der Waals surface area contributed by atoms with Crippen molar-refractivity contribution in [2.45, 2.75) is 55.3 Å². The first-order valence-corrected chi connectivity index (χ1v) is 10.1. The summed E-state index contributed by atoms with van der Waals surface area (Å²) in [6.07, 6.45) is -2.54. The van der Waals surface area contributed by atoms with Crippen molar-refractivity contribution in [3.05, 3.63) is 23.3 Å². The fourth-order valence-corrected chi connectivity index (χ4v) is 5.79. The number of carboxylic acid groups (broad SMARTS) is 1. The number of hydrogen-bond acceptors (Lipinski definition) is 5. The molecule has 1 saturated carbocycles. The van der Waals surface area contributed by atoms with Crippen LogP contribution in [0.3, 0.4) is 0 Å². The van der Waals surface area contributed by atoms with Gasteiger partial charge in [-0.1, -0.05) is 6.07 Å². The fraction of sp³-hybridized carbons (Fsp3) is 0.619. The van der Waals surface area contributed by atoms with E-state index in [0.717, 1.165) is 37.3 Å². The molecule has 1 saturated heterocycles. The average molecular weight is 463 g/mol. The van der Waals surface area contributed by atoms with Gasteiger partial charge < -0.3 is 19.5 Å².